The van der Waals surface area contributed by atoms with Gasteiger partial charge in [0.2, 0.25) is 5.91 Å². The van der Waals surface area contributed by atoms with Crippen LogP contribution in [0.1, 0.15) is 19.8 Å². The van der Waals surface area contributed by atoms with Crippen molar-refractivity contribution in [1.29, 1.82) is 0 Å². The summed E-state index contributed by atoms with van der Waals surface area (Å²) in [6, 6.07) is 0. The summed E-state index contributed by atoms with van der Waals surface area (Å²) < 4.78 is 4.95. The van der Waals surface area contributed by atoms with Gasteiger partial charge in [-0.1, -0.05) is 0 Å². The molecule has 0 spiro atoms. The molecule has 2 N–H and O–H groups in total. The first-order valence-corrected chi connectivity index (χ1v) is 5.30. The minimum absolute atomic E-state index is 0.0990. The molecule has 0 saturated carbocycles. The number of likely N-dealkylation sites (tertiary alicyclic amines) is 1. The maximum absolute atomic E-state index is 11.5. The molecule has 1 rings (SSSR count). The van der Waals surface area contributed by atoms with E-state index in [1.807, 2.05) is 4.90 Å². The number of piperidine rings is 1. The molecule has 1 fully saturated rings. The van der Waals surface area contributed by atoms with Crippen molar-refractivity contribution in [3.8, 4) is 0 Å². The van der Waals surface area contributed by atoms with Crippen molar-refractivity contribution in [2.45, 2.75) is 19.8 Å². The number of hydrogen-bond donors (Lipinski definition) is 1. The third kappa shape index (κ3) is 3.87. The number of hydrogen-bond acceptors (Lipinski definition) is 4. The number of amides is 1. The predicted molar refractivity (Wildman–Crippen MR) is 55.0 cm³/mol. The van der Waals surface area contributed by atoms with Gasteiger partial charge in [0, 0.05) is 6.54 Å². The van der Waals surface area contributed by atoms with E-state index in [1.165, 1.54) is 0 Å². The Labute approximate surface area is 89.6 Å². The van der Waals surface area contributed by atoms with Gasteiger partial charge in [-0.15, -0.1) is 0 Å². The maximum atomic E-state index is 11.5. The molecule has 0 aromatic heterocycles. The van der Waals surface area contributed by atoms with Gasteiger partial charge in [0.1, 0.15) is 0 Å². The molecule has 1 amide bonds. The molecule has 5 nitrogen and oxygen atoms in total. The zero-order valence-corrected chi connectivity index (χ0v) is 9.07. The van der Waals surface area contributed by atoms with Crippen LogP contribution in [-0.4, -0.2) is 43.0 Å². The minimum atomic E-state index is -0.348. The normalized spacial score (nSPS) is 22.3. The number of carbonyl (C=O) groups excluding carboxylic acids is 2. The van der Waals surface area contributed by atoms with E-state index in [2.05, 4.69) is 0 Å². The van der Waals surface area contributed by atoms with Crippen LogP contribution < -0.4 is 5.73 Å². The average molecular weight is 214 g/mol. The summed E-state index contributed by atoms with van der Waals surface area (Å²) in [5.74, 6) is -0.607. The first kappa shape index (κ1) is 12.0. The maximum Gasteiger partial charge on any atom is 0.310 e. The summed E-state index contributed by atoms with van der Waals surface area (Å²) in [5, 5.41) is 0. The minimum Gasteiger partial charge on any atom is -0.466 e. The van der Waals surface area contributed by atoms with Gasteiger partial charge in [-0.3, -0.25) is 14.5 Å². The summed E-state index contributed by atoms with van der Waals surface area (Å²) in [6.45, 7) is 3.85. The van der Waals surface area contributed by atoms with Crippen LogP contribution in [0.5, 0.6) is 0 Å². The molecular formula is C10H18N2O3. The highest BCUT2D eigenvalue weighted by atomic mass is 16.5. The molecule has 0 unspecified atom stereocenters. The Bertz CT molecular complexity index is 243. The van der Waals surface area contributed by atoms with E-state index >= 15 is 0 Å². The van der Waals surface area contributed by atoms with E-state index in [-0.39, 0.29) is 24.3 Å². The monoisotopic (exact) mass is 214 g/mol. The van der Waals surface area contributed by atoms with Gasteiger partial charge in [0.25, 0.3) is 0 Å². The average Bonchev–Trinajstić information content (AvgIpc) is 2.17. The number of carbonyl (C=O) groups is 2. The second-order valence-electron chi connectivity index (χ2n) is 3.79. The molecule has 0 bridgehead atoms. The Kier molecular flexibility index (Phi) is 4.55. The number of nitrogens with zero attached hydrogens (tertiary/aromatic N) is 1. The molecule has 5 heteroatoms. The molecule has 1 heterocycles. The van der Waals surface area contributed by atoms with Crippen molar-refractivity contribution in [2.75, 3.05) is 26.2 Å². The highest BCUT2D eigenvalue weighted by Crippen LogP contribution is 2.17. The molecule has 1 aliphatic heterocycles. The van der Waals surface area contributed by atoms with E-state index in [1.54, 1.807) is 6.92 Å². The molecule has 0 aliphatic carbocycles. The van der Waals surface area contributed by atoms with Crippen molar-refractivity contribution in [3.05, 3.63) is 0 Å². The first-order chi connectivity index (χ1) is 7.13. The molecular weight excluding hydrogens is 196 g/mol. The highest BCUT2D eigenvalue weighted by molar-refractivity contribution is 5.76. The zero-order valence-electron chi connectivity index (χ0n) is 9.07. The van der Waals surface area contributed by atoms with Crippen molar-refractivity contribution in [1.82, 2.24) is 4.90 Å². The third-order valence-electron chi connectivity index (χ3n) is 2.50. The summed E-state index contributed by atoms with van der Waals surface area (Å²) >= 11 is 0. The van der Waals surface area contributed by atoms with E-state index in [4.69, 9.17) is 10.5 Å². The van der Waals surface area contributed by atoms with Crippen LogP contribution in [0.25, 0.3) is 0 Å². The van der Waals surface area contributed by atoms with Crippen LogP contribution in [0.4, 0.5) is 0 Å². The Morgan fingerprint density at radius 1 is 1.53 bits per heavy atom. The smallest absolute Gasteiger partial charge is 0.310 e. The SMILES string of the molecule is CCOC(=O)[C@H]1CCCN(CC(N)=O)C1. The second-order valence-corrected chi connectivity index (χ2v) is 3.79. The molecule has 15 heavy (non-hydrogen) atoms. The van der Waals surface area contributed by atoms with Gasteiger partial charge >= 0.3 is 5.97 Å². The van der Waals surface area contributed by atoms with E-state index < -0.39 is 0 Å². The Balaban J connectivity index is 2.41. The molecule has 1 saturated heterocycles. The number of primary amides is 1. The quantitative estimate of drug-likeness (QED) is 0.655. The first-order valence-electron chi connectivity index (χ1n) is 5.30. The second kappa shape index (κ2) is 5.70. The summed E-state index contributed by atoms with van der Waals surface area (Å²) in [4.78, 5) is 24.1. The van der Waals surface area contributed by atoms with Gasteiger partial charge in [-0.25, -0.2) is 0 Å². The van der Waals surface area contributed by atoms with Crippen molar-refractivity contribution >= 4 is 11.9 Å². The van der Waals surface area contributed by atoms with Gasteiger partial charge in [-0.2, -0.15) is 0 Å². The lowest BCUT2D eigenvalue weighted by Crippen LogP contribution is -2.43. The Morgan fingerprint density at radius 3 is 2.87 bits per heavy atom. The van der Waals surface area contributed by atoms with E-state index in [9.17, 15) is 9.59 Å². The van der Waals surface area contributed by atoms with Crippen LogP contribution in [0.15, 0.2) is 0 Å². The van der Waals surface area contributed by atoms with Gasteiger partial charge in [-0.05, 0) is 26.3 Å². The van der Waals surface area contributed by atoms with Crippen LogP contribution in [0.2, 0.25) is 0 Å². The van der Waals surface area contributed by atoms with Crippen molar-refractivity contribution < 1.29 is 14.3 Å². The summed E-state index contributed by atoms with van der Waals surface area (Å²) in [6.07, 6.45) is 1.75. The fraction of sp³-hybridized carbons (Fsp3) is 0.800. The van der Waals surface area contributed by atoms with E-state index in [0.29, 0.717) is 13.2 Å². The van der Waals surface area contributed by atoms with E-state index in [0.717, 1.165) is 19.4 Å². The number of nitrogens with two attached hydrogens (primary N) is 1. The standard InChI is InChI=1S/C10H18N2O3/c1-2-15-10(14)8-4-3-5-12(6-8)7-9(11)13/h8H,2-7H2,1H3,(H2,11,13)/t8-/m0/s1. The lowest BCUT2D eigenvalue weighted by Gasteiger charge is -2.30. The lowest BCUT2D eigenvalue weighted by molar-refractivity contribution is -0.150. The van der Waals surface area contributed by atoms with Crippen LogP contribution in [0.3, 0.4) is 0 Å². The predicted octanol–water partition coefficient (Wildman–Crippen LogP) is -0.253. The van der Waals surface area contributed by atoms with Crippen molar-refractivity contribution in [3.63, 3.8) is 0 Å². The molecule has 1 atom stereocenters. The molecule has 0 aromatic rings. The highest BCUT2D eigenvalue weighted by Gasteiger charge is 2.27. The fourth-order valence-electron chi connectivity index (χ4n) is 1.87. The van der Waals surface area contributed by atoms with Gasteiger partial charge in [0.15, 0.2) is 0 Å². The Morgan fingerprint density at radius 2 is 2.27 bits per heavy atom. The number of esters is 1. The van der Waals surface area contributed by atoms with Crippen LogP contribution in [-0.2, 0) is 14.3 Å². The van der Waals surface area contributed by atoms with Crippen molar-refractivity contribution in [2.24, 2.45) is 11.7 Å². The summed E-state index contributed by atoms with van der Waals surface area (Å²) in [5.41, 5.74) is 5.11. The lowest BCUT2D eigenvalue weighted by atomic mass is 9.98. The zero-order chi connectivity index (χ0) is 11.3. The molecule has 0 radical (unpaired) electrons. The van der Waals surface area contributed by atoms with Gasteiger partial charge < -0.3 is 10.5 Å². The molecule has 1 aliphatic rings. The molecule has 86 valence electrons. The number of ether oxygens (including phenoxy) is 1. The molecule has 0 aromatic carbocycles. The Hall–Kier alpha value is -1.10. The van der Waals surface area contributed by atoms with Gasteiger partial charge in [0.05, 0.1) is 19.1 Å². The topological polar surface area (TPSA) is 72.6 Å². The van der Waals surface area contributed by atoms with Crippen LogP contribution in [0, 0.1) is 5.92 Å². The van der Waals surface area contributed by atoms with Crippen LogP contribution >= 0.6 is 0 Å². The number of rotatable bonds is 4. The largest absolute Gasteiger partial charge is 0.466 e. The third-order valence-corrected chi connectivity index (χ3v) is 2.50. The fourth-order valence-corrected chi connectivity index (χ4v) is 1.87. The summed E-state index contributed by atoms with van der Waals surface area (Å²) in [7, 11) is 0.